The molecule has 5 nitrogen and oxygen atoms in total. The van der Waals surface area contributed by atoms with Crippen LogP contribution in [0.15, 0.2) is 47.6 Å². The maximum absolute atomic E-state index is 5.93. The molecule has 0 unspecified atom stereocenters. The summed E-state index contributed by atoms with van der Waals surface area (Å²) in [5.74, 6) is 1.07. The highest BCUT2D eigenvalue weighted by Gasteiger charge is 2.19. The van der Waals surface area contributed by atoms with E-state index in [-0.39, 0.29) is 0 Å². The van der Waals surface area contributed by atoms with Crippen LogP contribution < -0.4 is 15.8 Å². The largest absolute Gasteiger partial charge is 0.474 e. The summed E-state index contributed by atoms with van der Waals surface area (Å²) in [7, 11) is 0. The van der Waals surface area contributed by atoms with Gasteiger partial charge in [-0.2, -0.15) is 0 Å². The molecule has 5 heteroatoms. The second kappa shape index (κ2) is 7.13. The van der Waals surface area contributed by atoms with Gasteiger partial charge in [-0.15, -0.1) is 0 Å². The van der Waals surface area contributed by atoms with Crippen LogP contribution in [0.4, 0.5) is 5.69 Å². The topological polar surface area (TPSA) is 72.5 Å². The fourth-order valence-corrected chi connectivity index (χ4v) is 2.27. The molecule has 3 N–H and O–H groups in total. The first-order chi connectivity index (χ1) is 11.2. The third-order valence-electron chi connectivity index (χ3n) is 3.89. The Labute approximate surface area is 136 Å². The number of aliphatic imine (C=N–C) groups is 1. The Morgan fingerprint density at radius 3 is 2.78 bits per heavy atom. The van der Waals surface area contributed by atoms with Crippen LogP contribution in [0.3, 0.4) is 0 Å². The number of aromatic nitrogens is 1. The molecule has 1 aromatic heterocycles. The van der Waals surface area contributed by atoms with E-state index in [9.17, 15) is 0 Å². The molecule has 0 bridgehead atoms. The molecule has 0 spiro atoms. The van der Waals surface area contributed by atoms with Gasteiger partial charge >= 0.3 is 0 Å². The Morgan fingerprint density at radius 1 is 1.30 bits per heavy atom. The molecule has 0 amide bonds. The van der Waals surface area contributed by atoms with Gasteiger partial charge in [0.05, 0.1) is 6.54 Å². The fraction of sp³-hybridized carbons (Fsp3) is 0.333. The molecule has 0 radical (unpaired) electrons. The van der Waals surface area contributed by atoms with Crippen molar-refractivity contribution < 1.29 is 4.74 Å². The molecule has 1 heterocycles. The van der Waals surface area contributed by atoms with Crippen molar-refractivity contribution in [3.63, 3.8) is 0 Å². The van der Waals surface area contributed by atoms with Crippen LogP contribution in [0, 0.1) is 6.92 Å². The molecule has 0 atom stereocenters. The molecule has 1 saturated carbocycles. The fourth-order valence-electron chi connectivity index (χ4n) is 2.27. The molecule has 0 saturated heterocycles. The van der Waals surface area contributed by atoms with E-state index in [2.05, 4.69) is 15.3 Å². The number of hydrogen-bond donors (Lipinski definition) is 2. The number of aryl methyl sites for hydroxylation is 1. The van der Waals surface area contributed by atoms with Gasteiger partial charge in [-0.1, -0.05) is 17.7 Å². The summed E-state index contributed by atoms with van der Waals surface area (Å²) in [5.41, 5.74) is 9.10. The van der Waals surface area contributed by atoms with Crippen LogP contribution in [0.25, 0.3) is 0 Å². The molecular formula is C18H22N4O. The van der Waals surface area contributed by atoms with Crippen molar-refractivity contribution in [3.05, 3.63) is 53.7 Å². The molecule has 23 heavy (non-hydrogen) atoms. The monoisotopic (exact) mass is 310 g/mol. The van der Waals surface area contributed by atoms with E-state index >= 15 is 0 Å². The average molecular weight is 310 g/mol. The maximum Gasteiger partial charge on any atom is 0.213 e. The third-order valence-corrected chi connectivity index (χ3v) is 3.89. The molecule has 1 aliphatic rings. The van der Waals surface area contributed by atoms with Crippen LogP contribution in [0.2, 0.25) is 0 Å². The van der Waals surface area contributed by atoms with E-state index < -0.39 is 0 Å². The number of guanidine groups is 1. The summed E-state index contributed by atoms with van der Waals surface area (Å²) < 4.78 is 5.80. The van der Waals surface area contributed by atoms with E-state index in [1.54, 1.807) is 6.20 Å². The van der Waals surface area contributed by atoms with Crippen LogP contribution in [-0.2, 0) is 6.54 Å². The molecule has 1 aliphatic carbocycles. The van der Waals surface area contributed by atoms with Gasteiger partial charge in [0.2, 0.25) is 5.88 Å². The van der Waals surface area contributed by atoms with Crippen molar-refractivity contribution in [2.45, 2.75) is 38.8 Å². The van der Waals surface area contributed by atoms with Crippen molar-refractivity contribution in [1.82, 2.24) is 4.98 Å². The Kier molecular flexibility index (Phi) is 4.76. The zero-order valence-electron chi connectivity index (χ0n) is 13.3. The predicted octanol–water partition coefficient (Wildman–Crippen LogP) is 3.25. The van der Waals surface area contributed by atoms with Crippen molar-refractivity contribution in [3.8, 4) is 5.88 Å². The normalized spacial score (nSPS) is 15.1. The SMILES string of the molecule is Cc1ccc(NC(N)=NCc2ccnc(OC3CCC3)c2)cc1. The van der Waals surface area contributed by atoms with Gasteiger partial charge < -0.3 is 15.8 Å². The predicted molar refractivity (Wildman–Crippen MR) is 92.6 cm³/mol. The molecular weight excluding hydrogens is 288 g/mol. The Hall–Kier alpha value is -2.56. The van der Waals surface area contributed by atoms with Crippen molar-refractivity contribution in [2.75, 3.05) is 5.32 Å². The molecule has 0 aliphatic heterocycles. The number of benzene rings is 1. The Bertz CT molecular complexity index is 678. The summed E-state index contributed by atoms with van der Waals surface area (Å²) in [6.45, 7) is 2.54. The number of rotatable bonds is 5. The zero-order chi connectivity index (χ0) is 16.1. The van der Waals surface area contributed by atoms with Crippen LogP contribution in [-0.4, -0.2) is 17.0 Å². The van der Waals surface area contributed by atoms with Crippen molar-refractivity contribution in [1.29, 1.82) is 0 Å². The van der Waals surface area contributed by atoms with Crippen molar-refractivity contribution >= 4 is 11.6 Å². The van der Waals surface area contributed by atoms with Gasteiger partial charge in [-0.25, -0.2) is 9.98 Å². The summed E-state index contributed by atoms with van der Waals surface area (Å²) in [6.07, 6.45) is 5.57. The van der Waals surface area contributed by atoms with Gasteiger partial charge in [0.15, 0.2) is 5.96 Å². The third kappa shape index (κ3) is 4.45. The minimum atomic E-state index is 0.328. The average Bonchev–Trinajstić information content (AvgIpc) is 2.52. The Morgan fingerprint density at radius 2 is 2.09 bits per heavy atom. The van der Waals surface area contributed by atoms with E-state index in [0.717, 1.165) is 24.1 Å². The highest BCUT2D eigenvalue weighted by molar-refractivity contribution is 5.92. The van der Waals surface area contributed by atoms with Gasteiger partial charge in [-0.05, 0) is 49.9 Å². The molecule has 1 fully saturated rings. The summed E-state index contributed by atoms with van der Waals surface area (Å²) in [4.78, 5) is 8.61. The second-order valence-corrected chi connectivity index (χ2v) is 5.87. The first kappa shape index (κ1) is 15.3. The van der Waals surface area contributed by atoms with E-state index in [1.807, 2.05) is 43.3 Å². The minimum Gasteiger partial charge on any atom is -0.474 e. The van der Waals surface area contributed by atoms with Crippen molar-refractivity contribution in [2.24, 2.45) is 10.7 Å². The quantitative estimate of drug-likeness (QED) is 0.657. The van der Waals surface area contributed by atoms with Gasteiger partial charge in [0.25, 0.3) is 0 Å². The van der Waals surface area contributed by atoms with Gasteiger partial charge in [0, 0.05) is 18.0 Å². The standard InChI is InChI=1S/C18H22N4O/c1-13-5-7-15(8-6-13)22-18(19)21-12-14-9-10-20-17(11-14)23-16-3-2-4-16/h5-11,16H,2-4,12H2,1H3,(H3,19,21,22). The molecule has 2 aromatic rings. The number of anilines is 1. The highest BCUT2D eigenvalue weighted by Crippen LogP contribution is 2.24. The number of nitrogens with one attached hydrogen (secondary N) is 1. The lowest BCUT2D eigenvalue weighted by Crippen LogP contribution is -2.25. The second-order valence-electron chi connectivity index (χ2n) is 5.87. The van der Waals surface area contributed by atoms with Crippen LogP contribution in [0.1, 0.15) is 30.4 Å². The van der Waals surface area contributed by atoms with Crippen LogP contribution in [0.5, 0.6) is 5.88 Å². The van der Waals surface area contributed by atoms with E-state index in [0.29, 0.717) is 24.5 Å². The molecule has 120 valence electrons. The first-order valence-electron chi connectivity index (χ1n) is 7.94. The van der Waals surface area contributed by atoms with E-state index in [1.165, 1.54) is 12.0 Å². The highest BCUT2D eigenvalue weighted by atomic mass is 16.5. The van der Waals surface area contributed by atoms with E-state index in [4.69, 9.17) is 10.5 Å². The first-order valence-corrected chi connectivity index (χ1v) is 7.94. The lowest BCUT2D eigenvalue weighted by atomic mass is 9.96. The summed E-state index contributed by atoms with van der Waals surface area (Å²) in [5, 5.41) is 3.09. The lowest BCUT2D eigenvalue weighted by molar-refractivity contribution is 0.114. The zero-order valence-corrected chi connectivity index (χ0v) is 13.3. The number of nitrogens with two attached hydrogens (primary N) is 1. The van der Waals surface area contributed by atoms with Gasteiger partial charge in [-0.3, -0.25) is 0 Å². The maximum atomic E-state index is 5.93. The van der Waals surface area contributed by atoms with Gasteiger partial charge in [0.1, 0.15) is 6.10 Å². The number of ether oxygens (including phenoxy) is 1. The van der Waals surface area contributed by atoms with Crippen LogP contribution >= 0.6 is 0 Å². The number of nitrogens with zero attached hydrogens (tertiary/aromatic N) is 2. The number of hydrogen-bond acceptors (Lipinski definition) is 3. The summed E-state index contributed by atoms with van der Waals surface area (Å²) >= 11 is 0. The molecule has 1 aromatic carbocycles. The number of pyridine rings is 1. The summed E-state index contributed by atoms with van der Waals surface area (Å²) in [6, 6.07) is 11.9. The smallest absolute Gasteiger partial charge is 0.213 e. The molecule has 3 rings (SSSR count). The Balaban J connectivity index is 1.57. The lowest BCUT2D eigenvalue weighted by Gasteiger charge is -2.25. The minimum absolute atomic E-state index is 0.328.